The van der Waals surface area contributed by atoms with Gasteiger partial charge in [-0.15, -0.1) is 0 Å². The first-order valence-electron chi connectivity index (χ1n) is 6.90. The summed E-state index contributed by atoms with van der Waals surface area (Å²) in [5.41, 5.74) is 5.78. The minimum Gasteiger partial charge on any atom is -0.358 e. The third-order valence-electron chi connectivity index (χ3n) is 3.93. The van der Waals surface area contributed by atoms with Crippen LogP contribution in [0.3, 0.4) is 0 Å². The molecule has 5 heteroatoms. The van der Waals surface area contributed by atoms with Crippen molar-refractivity contribution in [3.05, 3.63) is 0 Å². The smallest absolute Gasteiger partial charge is 0.232 e. The van der Waals surface area contributed by atoms with E-state index < -0.39 is 10.8 Å². The molecular formula is C13H26N2O2S. The van der Waals surface area contributed by atoms with E-state index in [-0.39, 0.29) is 16.9 Å². The molecule has 0 aromatic heterocycles. The van der Waals surface area contributed by atoms with E-state index in [1.54, 1.807) is 7.05 Å². The molecule has 0 bridgehead atoms. The Hall–Kier alpha value is -0.420. The Labute approximate surface area is 113 Å². The number of hydrogen-bond donors (Lipinski definition) is 2. The van der Waals surface area contributed by atoms with Gasteiger partial charge in [-0.25, -0.2) is 0 Å². The summed E-state index contributed by atoms with van der Waals surface area (Å²) in [4.78, 5) is 11.3. The van der Waals surface area contributed by atoms with E-state index >= 15 is 0 Å². The van der Waals surface area contributed by atoms with Crippen LogP contribution >= 0.6 is 0 Å². The fourth-order valence-electron chi connectivity index (χ4n) is 2.84. The number of nitrogens with two attached hydrogens (primary N) is 1. The summed E-state index contributed by atoms with van der Waals surface area (Å²) in [6, 6.07) is 0. The van der Waals surface area contributed by atoms with Gasteiger partial charge in [-0.3, -0.25) is 9.00 Å². The lowest BCUT2D eigenvalue weighted by atomic mass is 9.80. The minimum atomic E-state index is -1.08. The van der Waals surface area contributed by atoms with Gasteiger partial charge in [-0.1, -0.05) is 26.2 Å². The molecule has 1 rings (SSSR count). The Kier molecular flexibility index (Phi) is 6.86. The lowest BCUT2D eigenvalue weighted by Gasteiger charge is -2.34. The predicted octanol–water partition coefficient (Wildman–Crippen LogP) is 1.02. The van der Waals surface area contributed by atoms with Gasteiger partial charge in [0, 0.05) is 23.1 Å². The van der Waals surface area contributed by atoms with Crippen molar-refractivity contribution in [3.8, 4) is 0 Å². The number of carbonyl (C=O) groups is 1. The summed E-state index contributed by atoms with van der Waals surface area (Å²) in [6.45, 7) is 2.77. The number of nitrogens with one attached hydrogen (secondary N) is 1. The third-order valence-corrected chi connectivity index (χ3v) is 5.73. The maximum Gasteiger partial charge on any atom is 0.232 e. The second kappa shape index (κ2) is 7.89. The van der Waals surface area contributed by atoms with Crippen LogP contribution in [0.2, 0.25) is 0 Å². The molecule has 0 aromatic carbocycles. The van der Waals surface area contributed by atoms with E-state index in [1.165, 1.54) is 19.3 Å². The third kappa shape index (κ3) is 4.35. The lowest BCUT2D eigenvalue weighted by Crippen LogP contribution is -2.40. The molecule has 18 heavy (non-hydrogen) atoms. The molecule has 3 N–H and O–H groups in total. The average molecular weight is 274 g/mol. The highest BCUT2D eigenvalue weighted by molar-refractivity contribution is 7.86. The normalized spacial score (nSPS) is 29.8. The highest BCUT2D eigenvalue weighted by Crippen LogP contribution is 2.34. The quantitative estimate of drug-likeness (QED) is 0.760. The number of amides is 1. The molecule has 1 aliphatic carbocycles. The Morgan fingerprint density at radius 1 is 1.44 bits per heavy atom. The molecule has 0 spiro atoms. The van der Waals surface area contributed by atoms with Gasteiger partial charge in [0.25, 0.3) is 0 Å². The Morgan fingerprint density at radius 2 is 2.17 bits per heavy atom. The molecule has 4 unspecified atom stereocenters. The molecule has 1 fully saturated rings. The molecule has 4 nitrogen and oxygen atoms in total. The second-order valence-electron chi connectivity index (χ2n) is 5.20. The van der Waals surface area contributed by atoms with E-state index in [4.69, 9.17) is 5.73 Å². The number of hydrogen-bond acceptors (Lipinski definition) is 3. The molecule has 0 aliphatic heterocycles. The van der Waals surface area contributed by atoms with Gasteiger partial charge in [0.05, 0.1) is 0 Å². The zero-order valence-electron chi connectivity index (χ0n) is 11.5. The first-order valence-corrected chi connectivity index (χ1v) is 8.28. The van der Waals surface area contributed by atoms with E-state index in [1.807, 2.05) is 0 Å². The maximum atomic E-state index is 12.3. The van der Waals surface area contributed by atoms with Crippen molar-refractivity contribution in [2.24, 2.45) is 17.6 Å². The molecule has 0 saturated heterocycles. The number of carbonyl (C=O) groups excluding carboxylic acids is 1. The number of rotatable bonds is 6. The average Bonchev–Trinajstić information content (AvgIpc) is 2.38. The minimum absolute atomic E-state index is 0.109. The van der Waals surface area contributed by atoms with Gasteiger partial charge in [0.15, 0.2) is 0 Å². The SMILES string of the molecule is CCCC1CCC(CN)C(S(=O)CC(=O)NC)C1. The van der Waals surface area contributed by atoms with Gasteiger partial charge in [0.2, 0.25) is 5.91 Å². The van der Waals surface area contributed by atoms with Gasteiger partial charge in [-0.05, 0) is 31.2 Å². The van der Waals surface area contributed by atoms with Crippen molar-refractivity contribution in [2.45, 2.75) is 44.3 Å². The highest BCUT2D eigenvalue weighted by Gasteiger charge is 2.33. The topological polar surface area (TPSA) is 72.2 Å². The Morgan fingerprint density at radius 3 is 2.72 bits per heavy atom. The summed E-state index contributed by atoms with van der Waals surface area (Å²) in [7, 11) is 0.501. The molecule has 0 radical (unpaired) electrons. The maximum absolute atomic E-state index is 12.3. The highest BCUT2D eigenvalue weighted by atomic mass is 32.2. The van der Waals surface area contributed by atoms with Crippen LogP contribution in [0.4, 0.5) is 0 Å². The van der Waals surface area contributed by atoms with Gasteiger partial charge in [0.1, 0.15) is 5.75 Å². The zero-order valence-corrected chi connectivity index (χ0v) is 12.3. The Bertz CT molecular complexity index is 297. The molecule has 106 valence electrons. The standard InChI is InChI=1S/C13H26N2O2S/c1-3-4-10-5-6-11(8-14)12(7-10)18(17)9-13(16)15-2/h10-12H,3-9,14H2,1-2H3,(H,15,16). The van der Waals surface area contributed by atoms with Crippen LogP contribution in [-0.2, 0) is 15.6 Å². The Balaban J connectivity index is 2.61. The van der Waals surface area contributed by atoms with E-state index in [0.29, 0.717) is 18.4 Å². The van der Waals surface area contributed by atoms with Crippen LogP contribution in [0.5, 0.6) is 0 Å². The van der Waals surface area contributed by atoms with Gasteiger partial charge in [-0.2, -0.15) is 0 Å². The molecular weight excluding hydrogens is 248 g/mol. The van der Waals surface area contributed by atoms with Crippen molar-refractivity contribution in [1.82, 2.24) is 5.32 Å². The summed E-state index contributed by atoms with van der Waals surface area (Å²) in [6.07, 6.45) is 5.60. The second-order valence-corrected chi connectivity index (χ2v) is 6.86. The summed E-state index contributed by atoms with van der Waals surface area (Å²) < 4.78 is 12.3. The monoisotopic (exact) mass is 274 g/mol. The largest absolute Gasteiger partial charge is 0.358 e. The summed E-state index contributed by atoms with van der Waals surface area (Å²) in [5.74, 6) is 0.970. The van der Waals surface area contributed by atoms with Crippen molar-refractivity contribution in [1.29, 1.82) is 0 Å². The van der Waals surface area contributed by atoms with Gasteiger partial charge >= 0.3 is 0 Å². The van der Waals surface area contributed by atoms with Crippen LogP contribution in [0.15, 0.2) is 0 Å². The van der Waals surface area contributed by atoms with E-state index in [9.17, 15) is 9.00 Å². The molecule has 1 saturated carbocycles. The predicted molar refractivity (Wildman–Crippen MR) is 75.7 cm³/mol. The van der Waals surface area contributed by atoms with Crippen LogP contribution in [0.25, 0.3) is 0 Å². The first-order chi connectivity index (χ1) is 8.62. The van der Waals surface area contributed by atoms with E-state index in [0.717, 1.165) is 12.8 Å². The zero-order chi connectivity index (χ0) is 13.5. The first kappa shape index (κ1) is 15.6. The molecule has 4 atom stereocenters. The molecule has 0 aromatic rings. The van der Waals surface area contributed by atoms with Crippen molar-refractivity contribution < 1.29 is 9.00 Å². The molecule has 0 heterocycles. The van der Waals surface area contributed by atoms with Crippen LogP contribution < -0.4 is 11.1 Å². The van der Waals surface area contributed by atoms with Crippen LogP contribution in [-0.4, -0.2) is 34.7 Å². The summed E-state index contributed by atoms with van der Waals surface area (Å²) in [5, 5.41) is 2.65. The van der Waals surface area contributed by atoms with E-state index in [2.05, 4.69) is 12.2 Å². The van der Waals surface area contributed by atoms with Crippen molar-refractivity contribution in [2.75, 3.05) is 19.3 Å². The van der Waals surface area contributed by atoms with Crippen LogP contribution in [0.1, 0.15) is 39.0 Å². The van der Waals surface area contributed by atoms with Gasteiger partial charge < -0.3 is 11.1 Å². The fraction of sp³-hybridized carbons (Fsp3) is 0.923. The molecule has 1 amide bonds. The fourth-order valence-corrected chi connectivity index (χ4v) is 4.63. The lowest BCUT2D eigenvalue weighted by molar-refractivity contribution is -0.118. The van der Waals surface area contributed by atoms with Crippen molar-refractivity contribution >= 4 is 16.7 Å². The molecule has 1 aliphatic rings. The van der Waals surface area contributed by atoms with Crippen LogP contribution in [0, 0.1) is 11.8 Å². The van der Waals surface area contributed by atoms with Crippen molar-refractivity contribution in [3.63, 3.8) is 0 Å². The summed E-state index contributed by atoms with van der Waals surface area (Å²) >= 11 is 0.